The Bertz CT molecular complexity index is 1840. The van der Waals surface area contributed by atoms with Crippen LogP contribution in [0, 0.1) is 0 Å². The van der Waals surface area contributed by atoms with E-state index in [4.69, 9.17) is 0 Å². The first-order valence-corrected chi connectivity index (χ1v) is 13.9. The van der Waals surface area contributed by atoms with Crippen LogP contribution in [0.4, 0.5) is 22.7 Å². The van der Waals surface area contributed by atoms with Crippen molar-refractivity contribution in [2.75, 3.05) is 10.6 Å². The van der Waals surface area contributed by atoms with E-state index in [-0.39, 0.29) is 62.4 Å². The molecular formula is C26H18N2NaO8S2+. The summed E-state index contributed by atoms with van der Waals surface area (Å²) < 4.78 is 64.8. The summed E-state index contributed by atoms with van der Waals surface area (Å²) >= 11 is 0. The van der Waals surface area contributed by atoms with E-state index in [1.165, 1.54) is 30.3 Å². The van der Waals surface area contributed by atoms with Gasteiger partial charge in [0, 0.05) is 22.5 Å². The number of anilines is 4. The predicted molar refractivity (Wildman–Crippen MR) is 139 cm³/mol. The first kappa shape index (κ1) is 28.6. The summed E-state index contributed by atoms with van der Waals surface area (Å²) in [6.45, 7) is 0. The van der Waals surface area contributed by atoms with Crippen LogP contribution < -0.4 is 40.2 Å². The van der Waals surface area contributed by atoms with Gasteiger partial charge in [-0.1, -0.05) is 18.2 Å². The van der Waals surface area contributed by atoms with Crippen molar-refractivity contribution in [3.05, 3.63) is 107 Å². The fourth-order valence-corrected chi connectivity index (χ4v) is 5.15. The number of hydrogen-bond donors (Lipinski definition) is 4. The number of hydrogen-bond acceptors (Lipinski definition) is 8. The summed E-state index contributed by atoms with van der Waals surface area (Å²) in [7, 11) is -9.03. The van der Waals surface area contributed by atoms with Crippen molar-refractivity contribution in [1.82, 2.24) is 0 Å². The van der Waals surface area contributed by atoms with Crippen molar-refractivity contribution in [3.8, 4) is 0 Å². The normalized spacial score (nSPS) is 12.7. The monoisotopic (exact) mass is 573 g/mol. The quantitative estimate of drug-likeness (QED) is 0.172. The maximum atomic E-state index is 13.7. The summed E-state index contributed by atoms with van der Waals surface area (Å²) in [6.07, 6.45) is 0. The molecule has 192 valence electrons. The zero-order valence-corrected chi connectivity index (χ0v) is 23.9. The minimum Gasteiger partial charge on any atom is -0.355 e. The maximum absolute atomic E-state index is 13.7. The van der Waals surface area contributed by atoms with Crippen LogP contribution in [-0.4, -0.2) is 37.5 Å². The van der Waals surface area contributed by atoms with E-state index in [0.717, 1.165) is 12.1 Å². The largest absolute Gasteiger partial charge is 1.00 e. The third kappa shape index (κ3) is 5.68. The topological polar surface area (TPSA) is 167 Å². The molecule has 1 aliphatic carbocycles. The van der Waals surface area contributed by atoms with Crippen LogP contribution in [0.25, 0.3) is 0 Å². The molecule has 4 N–H and O–H groups in total. The van der Waals surface area contributed by atoms with Gasteiger partial charge in [-0.25, -0.2) is 0 Å². The van der Waals surface area contributed by atoms with Gasteiger partial charge < -0.3 is 10.6 Å². The van der Waals surface area contributed by atoms with Crippen molar-refractivity contribution >= 4 is 54.6 Å². The van der Waals surface area contributed by atoms with E-state index in [1.807, 2.05) is 6.07 Å². The Morgan fingerprint density at radius 1 is 0.538 bits per heavy atom. The van der Waals surface area contributed by atoms with Crippen LogP contribution in [-0.2, 0) is 20.2 Å². The number of carbonyl (C=O) groups is 2. The summed E-state index contributed by atoms with van der Waals surface area (Å²) in [4.78, 5) is 26.5. The molecule has 1 aliphatic rings. The third-order valence-corrected chi connectivity index (χ3v) is 7.64. The van der Waals surface area contributed by atoms with Crippen molar-refractivity contribution < 1.29 is 65.1 Å². The molecule has 0 bridgehead atoms. The zero-order chi connectivity index (χ0) is 27.2. The Hall–Kier alpha value is -3.36. The summed E-state index contributed by atoms with van der Waals surface area (Å²) in [5, 5.41) is 6.12. The molecule has 0 saturated heterocycles. The minimum absolute atomic E-state index is 0. The number of para-hydroxylation sites is 1. The van der Waals surface area contributed by atoms with E-state index in [9.17, 15) is 35.5 Å². The molecule has 0 aliphatic heterocycles. The first-order valence-electron chi connectivity index (χ1n) is 11.0. The van der Waals surface area contributed by atoms with Crippen LogP contribution in [0.2, 0.25) is 0 Å². The standard InChI is InChI=1S/C26H18N2O8S2.Na/c29-25-19-11-10-18(38(34,35)36)14-20(19)26(30)24-22(27-15-4-2-1-3-5-15)13-12-21(23(24)25)28-16-6-8-17(9-7-16)37(31,32)33;/h1-14,27-28H,(H,31,32,33)(H,34,35,36);/q;+1. The molecule has 10 nitrogen and oxygen atoms in total. The number of rotatable bonds is 6. The fourth-order valence-electron chi connectivity index (χ4n) is 4.16. The molecule has 0 spiro atoms. The molecular weight excluding hydrogens is 555 g/mol. The van der Waals surface area contributed by atoms with Crippen LogP contribution in [0.3, 0.4) is 0 Å². The summed E-state index contributed by atoms with van der Waals surface area (Å²) in [5.41, 5.74) is 1.31. The average molecular weight is 574 g/mol. The van der Waals surface area contributed by atoms with Gasteiger partial charge in [0.15, 0.2) is 11.6 Å². The zero-order valence-electron chi connectivity index (χ0n) is 20.2. The Labute approximate surface area is 245 Å². The smallest absolute Gasteiger partial charge is 0.355 e. The predicted octanol–water partition coefficient (Wildman–Crippen LogP) is 1.45. The molecule has 0 atom stereocenters. The van der Waals surface area contributed by atoms with Crippen molar-refractivity contribution in [2.45, 2.75) is 9.79 Å². The third-order valence-electron chi connectivity index (χ3n) is 5.92. The fraction of sp³-hybridized carbons (Fsp3) is 0. The van der Waals surface area contributed by atoms with E-state index in [1.54, 1.807) is 36.4 Å². The number of nitrogens with one attached hydrogen (secondary N) is 2. The molecule has 0 heterocycles. The van der Waals surface area contributed by atoms with E-state index < -0.39 is 36.7 Å². The number of fused-ring (bicyclic) bond motifs is 2. The van der Waals surface area contributed by atoms with Crippen LogP contribution in [0.5, 0.6) is 0 Å². The number of benzene rings is 4. The minimum atomic E-state index is -4.63. The van der Waals surface area contributed by atoms with Crippen molar-refractivity contribution in [1.29, 1.82) is 0 Å². The van der Waals surface area contributed by atoms with Gasteiger partial charge in [-0.05, 0) is 66.7 Å². The molecule has 0 unspecified atom stereocenters. The van der Waals surface area contributed by atoms with E-state index in [2.05, 4.69) is 10.6 Å². The molecule has 39 heavy (non-hydrogen) atoms. The van der Waals surface area contributed by atoms with Gasteiger partial charge in [0.1, 0.15) is 0 Å². The van der Waals surface area contributed by atoms with E-state index in [0.29, 0.717) is 17.1 Å². The van der Waals surface area contributed by atoms with Gasteiger partial charge in [-0.3, -0.25) is 18.7 Å². The van der Waals surface area contributed by atoms with E-state index >= 15 is 0 Å². The maximum Gasteiger partial charge on any atom is 1.00 e. The Balaban J connectivity index is 0.00000353. The van der Waals surface area contributed by atoms with Gasteiger partial charge in [0.2, 0.25) is 0 Å². The molecule has 0 amide bonds. The van der Waals surface area contributed by atoms with Gasteiger partial charge in [0.05, 0.1) is 32.3 Å². The second-order valence-electron chi connectivity index (χ2n) is 8.37. The molecule has 0 aromatic heterocycles. The SMILES string of the molecule is O=C1c2ccc(S(=O)(=O)O)cc2C(=O)c2c(Nc3ccccc3)ccc(Nc3ccc(S(=O)(=O)O)cc3)c21.[Na+]. The van der Waals surface area contributed by atoms with Crippen LogP contribution in [0.1, 0.15) is 31.8 Å². The second-order valence-corrected chi connectivity index (χ2v) is 11.2. The second kappa shape index (κ2) is 10.7. The van der Waals surface area contributed by atoms with Crippen molar-refractivity contribution in [2.24, 2.45) is 0 Å². The Morgan fingerprint density at radius 2 is 1.00 bits per heavy atom. The molecule has 0 radical (unpaired) electrons. The Morgan fingerprint density at radius 3 is 1.51 bits per heavy atom. The number of carbonyl (C=O) groups excluding carboxylic acids is 2. The van der Waals surface area contributed by atoms with Crippen molar-refractivity contribution in [3.63, 3.8) is 0 Å². The van der Waals surface area contributed by atoms with Gasteiger partial charge in [0.25, 0.3) is 20.2 Å². The van der Waals surface area contributed by atoms with Crippen LogP contribution >= 0.6 is 0 Å². The molecule has 0 fully saturated rings. The number of ketones is 2. The van der Waals surface area contributed by atoms with Gasteiger partial charge in [-0.15, -0.1) is 0 Å². The molecule has 0 saturated carbocycles. The summed E-state index contributed by atoms with van der Waals surface area (Å²) in [5.74, 6) is -1.20. The molecule has 4 aromatic rings. The first-order chi connectivity index (χ1) is 17.9. The van der Waals surface area contributed by atoms with Gasteiger partial charge >= 0.3 is 29.6 Å². The summed E-state index contributed by atoms with van der Waals surface area (Å²) in [6, 6.07) is 20.3. The average Bonchev–Trinajstić information content (AvgIpc) is 2.87. The molecule has 4 aromatic carbocycles. The Kier molecular flexibility index (Phi) is 7.83. The molecule has 5 rings (SSSR count). The molecule has 13 heteroatoms. The van der Waals surface area contributed by atoms with Crippen LogP contribution in [0.15, 0.2) is 94.7 Å². The van der Waals surface area contributed by atoms with Gasteiger partial charge in [-0.2, -0.15) is 16.8 Å².